The molecule has 0 amide bonds. The lowest BCUT2D eigenvalue weighted by Gasteiger charge is -2.02. The van der Waals surface area contributed by atoms with Gasteiger partial charge in [-0.15, -0.1) is 0 Å². The lowest BCUT2D eigenvalue weighted by atomic mass is 10.4. The maximum absolute atomic E-state index is 5.81. The average molecular weight is 267 g/mol. The van der Waals surface area contributed by atoms with Gasteiger partial charge in [-0.2, -0.15) is 0 Å². The monoisotopic (exact) mass is 266 g/mol. The van der Waals surface area contributed by atoms with Crippen LogP contribution in [-0.2, 0) is 5.75 Å². The standard InChI is InChI=1S/C11H11ClN4S/c1-7-5-10(13)16-11(14-7)17-6-8-3-2-4-9(12)15-8/h2-5H,6H2,1H3,(H2,13,14,16). The van der Waals surface area contributed by atoms with Crippen molar-refractivity contribution in [2.24, 2.45) is 0 Å². The summed E-state index contributed by atoms with van der Waals surface area (Å²) in [5, 5.41) is 1.15. The highest BCUT2D eigenvalue weighted by Gasteiger charge is 2.03. The summed E-state index contributed by atoms with van der Waals surface area (Å²) < 4.78 is 0. The molecule has 0 fully saturated rings. The number of halogens is 1. The molecule has 2 aromatic heterocycles. The zero-order valence-corrected chi connectivity index (χ0v) is 10.8. The van der Waals surface area contributed by atoms with Crippen LogP contribution in [0.3, 0.4) is 0 Å². The van der Waals surface area contributed by atoms with Gasteiger partial charge in [0, 0.05) is 17.5 Å². The predicted molar refractivity (Wildman–Crippen MR) is 70.0 cm³/mol. The number of hydrogen-bond donors (Lipinski definition) is 1. The minimum Gasteiger partial charge on any atom is -0.384 e. The first-order valence-electron chi connectivity index (χ1n) is 4.99. The second-order valence-corrected chi connectivity index (χ2v) is 4.79. The molecule has 0 spiro atoms. The van der Waals surface area contributed by atoms with E-state index in [2.05, 4.69) is 15.0 Å². The van der Waals surface area contributed by atoms with E-state index in [-0.39, 0.29) is 0 Å². The average Bonchev–Trinajstić information content (AvgIpc) is 2.25. The van der Waals surface area contributed by atoms with Gasteiger partial charge in [0.1, 0.15) is 11.0 Å². The fourth-order valence-corrected chi connectivity index (χ4v) is 2.30. The van der Waals surface area contributed by atoms with E-state index >= 15 is 0 Å². The van der Waals surface area contributed by atoms with Crippen LogP contribution in [0.25, 0.3) is 0 Å². The molecule has 0 aliphatic rings. The number of pyridine rings is 1. The zero-order chi connectivity index (χ0) is 12.3. The van der Waals surface area contributed by atoms with Crippen molar-refractivity contribution in [1.29, 1.82) is 0 Å². The van der Waals surface area contributed by atoms with Crippen LogP contribution in [0, 0.1) is 6.92 Å². The molecule has 17 heavy (non-hydrogen) atoms. The topological polar surface area (TPSA) is 64.7 Å². The molecule has 0 radical (unpaired) electrons. The predicted octanol–water partition coefficient (Wildman–Crippen LogP) is 2.71. The molecule has 4 nitrogen and oxygen atoms in total. The Morgan fingerprint density at radius 3 is 2.82 bits per heavy atom. The van der Waals surface area contributed by atoms with Crippen molar-refractivity contribution in [2.75, 3.05) is 5.73 Å². The van der Waals surface area contributed by atoms with Crippen molar-refractivity contribution in [3.05, 3.63) is 40.8 Å². The Morgan fingerprint density at radius 2 is 2.12 bits per heavy atom. The lowest BCUT2D eigenvalue weighted by Crippen LogP contribution is -1.97. The fourth-order valence-electron chi connectivity index (χ4n) is 1.30. The molecule has 2 rings (SSSR count). The highest BCUT2D eigenvalue weighted by molar-refractivity contribution is 7.98. The number of rotatable bonds is 3. The number of nitrogen functional groups attached to an aromatic ring is 1. The van der Waals surface area contributed by atoms with Crippen LogP contribution in [0.15, 0.2) is 29.4 Å². The Bertz CT molecular complexity index is 512. The van der Waals surface area contributed by atoms with Crippen molar-refractivity contribution in [3.8, 4) is 0 Å². The number of aryl methyl sites for hydroxylation is 1. The molecule has 6 heteroatoms. The van der Waals surface area contributed by atoms with Crippen molar-refractivity contribution in [1.82, 2.24) is 15.0 Å². The maximum Gasteiger partial charge on any atom is 0.190 e. The normalized spacial score (nSPS) is 10.5. The molecule has 0 aromatic carbocycles. The van der Waals surface area contributed by atoms with Gasteiger partial charge >= 0.3 is 0 Å². The number of nitrogens with two attached hydrogens (primary N) is 1. The number of nitrogens with zero attached hydrogens (tertiary/aromatic N) is 3. The molecule has 0 saturated heterocycles. The van der Waals surface area contributed by atoms with E-state index in [0.29, 0.717) is 21.9 Å². The van der Waals surface area contributed by atoms with Crippen molar-refractivity contribution in [3.63, 3.8) is 0 Å². The summed E-state index contributed by atoms with van der Waals surface area (Å²) in [6, 6.07) is 7.27. The van der Waals surface area contributed by atoms with E-state index in [1.807, 2.05) is 19.1 Å². The minimum absolute atomic E-state index is 0.485. The molecule has 0 aliphatic heterocycles. The van der Waals surface area contributed by atoms with Gasteiger partial charge in [0.25, 0.3) is 0 Å². The van der Waals surface area contributed by atoms with Gasteiger partial charge < -0.3 is 5.73 Å². The van der Waals surface area contributed by atoms with Gasteiger partial charge in [0.15, 0.2) is 5.16 Å². The summed E-state index contributed by atoms with van der Waals surface area (Å²) in [7, 11) is 0. The Labute approximate surface area is 109 Å². The van der Waals surface area contributed by atoms with E-state index in [4.69, 9.17) is 17.3 Å². The molecular formula is C11H11ClN4S. The minimum atomic E-state index is 0.485. The van der Waals surface area contributed by atoms with Crippen LogP contribution in [0.4, 0.5) is 5.82 Å². The van der Waals surface area contributed by atoms with E-state index in [1.165, 1.54) is 11.8 Å². The molecule has 0 aliphatic carbocycles. The maximum atomic E-state index is 5.81. The molecule has 88 valence electrons. The number of hydrogen-bond acceptors (Lipinski definition) is 5. The highest BCUT2D eigenvalue weighted by Crippen LogP contribution is 2.20. The van der Waals surface area contributed by atoms with Gasteiger partial charge in [-0.3, -0.25) is 0 Å². The Kier molecular flexibility index (Phi) is 3.81. The van der Waals surface area contributed by atoms with E-state index in [9.17, 15) is 0 Å². The summed E-state index contributed by atoms with van der Waals surface area (Å²) in [5.41, 5.74) is 7.41. The Hall–Kier alpha value is -1.33. The van der Waals surface area contributed by atoms with Crippen LogP contribution in [-0.4, -0.2) is 15.0 Å². The quantitative estimate of drug-likeness (QED) is 0.526. The first-order chi connectivity index (χ1) is 8.13. The molecule has 2 heterocycles. The molecule has 0 atom stereocenters. The Morgan fingerprint density at radius 1 is 1.29 bits per heavy atom. The number of anilines is 1. The summed E-state index contributed by atoms with van der Waals surface area (Å²) in [6.45, 7) is 1.89. The first-order valence-corrected chi connectivity index (χ1v) is 6.35. The van der Waals surface area contributed by atoms with Gasteiger partial charge in [-0.25, -0.2) is 15.0 Å². The molecule has 0 unspecified atom stereocenters. The third-order valence-electron chi connectivity index (χ3n) is 1.98. The number of aromatic nitrogens is 3. The van der Waals surface area contributed by atoms with E-state index < -0.39 is 0 Å². The van der Waals surface area contributed by atoms with Crippen LogP contribution >= 0.6 is 23.4 Å². The third-order valence-corrected chi connectivity index (χ3v) is 3.07. The molecule has 0 bridgehead atoms. The third kappa shape index (κ3) is 3.57. The van der Waals surface area contributed by atoms with Gasteiger partial charge in [0.05, 0.1) is 5.69 Å². The molecule has 2 aromatic rings. The number of thioether (sulfide) groups is 1. The fraction of sp³-hybridized carbons (Fsp3) is 0.182. The summed E-state index contributed by atoms with van der Waals surface area (Å²) >= 11 is 7.29. The highest BCUT2D eigenvalue weighted by atomic mass is 35.5. The van der Waals surface area contributed by atoms with Crippen LogP contribution in [0.5, 0.6) is 0 Å². The molecule has 0 saturated carbocycles. The van der Waals surface area contributed by atoms with Gasteiger partial charge in [0.2, 0.25) is 0 Å². The van der Waals surface area contributed by atoms with Crippen molar-refractivity contribution < 1.29 is 0 Å². The first kappa shape index (κ1) is 12.1. The zero-order valence-electron chi connectivity index (χ0n) is 9.22. The van der Waals surface area contributed by atoms with Gasteiger partial charge in [-0.05, 0) is 19.1 Å². The van der Waals surface area contributed by atoms with Crippen LogP contribution in [0.1, 0.15) is 11.4 Å². The summed E-state index contributed by atoms with van der Waals surface area (Å²) in [5.74, 6) is 1.16. The van der Waals surface area contributed by atoms with Crippen molar-refractivity contribution in [2.45, 2.75) is 17.8 Å². The van der Waals surface area contributed by atoms with Crippen LogP contribution in [0.2, 0.25) is 5.15 Å². The smallest absolute Gasteiger partial charge is 0.190 e. The van der Waals surface area contributed by atoms with Gasteiger partial charge in [-0.1, -0.05) is 29.4 Å². The Balaban J connectivity index is 2.07. The van der Waals surface area contributed by atoms with Crippen LogP contribution < -0.4 is 5.73 Å². The lowest BCUT2D eigenvalue weighted by molar-refractivity contribution is 0.939. The van der Waals surface area contributed by atoms with E-state index in [1.54, 1.807) is 12.1 Å². The molecular weight excluding hydrogens is 256 g/mol. The molecule has 2 N–H and O–H groups in total. The van der Waals surface area contributed by atoms with E-state index in [0.717, 1.165) is 11.4 Å². The summed E-state index contributed by atoms with van der Waals surface area (Å²) in [4.78, 5) is 12.6. The second-order valence-electron chi connectivity index (χ2n) is 3.46. The van der Waals surface area contributed by atoms with Crippen molar-refractivity contribution >= 4 is 29.2 Å². The SMILES string of the molecule is Cc1cc(N)nc(SCc2cccc(Cl)n2)n1. The summed E-state index contributed by atoms with van der Waals surface area (Å²) in [6.07, 6.45) is 0. The second kappa shape index (κ2) is 5.33. The largest absolute Gasteiger partial charge is 0.384 e.